The Morgan fingerprint density at radius 3 is 2.54 bits per heavy atom. The van der Waals surface area contributed by atoms with Gasteiger partial charge in [-0.3, -0.25) is 4.79 Å². The third kappa shape index (κ3) is 3.75. The highest BCUT2D eigenvalue weighted by Crippen LogP contribution is 2.25. The molecule has 1 amide bonds. The topological polar surface area (TPSA) is 58.1 Å². The number of benzene rings is 1. The van der Waals surface area contributed by atoms with E-state index in [2.05, 4.69) is 21.4 Å². The normalized spacial score (nSPS) is 11.8. The fourth-order valence-electron chi connectivity index (χ4n) is 2.69. The highest BCUT2D eigenvalue weighted by Gasteiger charge is 2.19. The van der Waals surface area contributed by atoms with Gasteiger partial charge < -0.3 is 10.2 Å². The first-order valence-corrected chi connectivity index (χ1v) is 9.32. The van der Waals surface area contributed by atoms with Crippen molar-refractivity contribution >= 4 is 23.1 Å². The molecule has 0 radical (unpaired) electrons. The number of aryl methyl sites for hydroxylation is 1. The average Bonchev–Trinajstić information content (AvgIpc) is 3.20. The van der Waals surface area contributed by atoms with E-state index < -0.39 is 0 Å². The largest absolute Gasteiger partial charge is 0.373 e. The number of carbonyl (C=O) groups is 1. The van der Waals surface area contributed by atoms with Gasteiger partial charge in [0.1, 0.15) is 5.82 Å². The summed E-state index contributed by atoms with van der Waals surface area (Å²) in [4.78, 5) is 24.7. The molecule has 6 heteroatoms. The minimum Gasteiger partial charge on any atom is -0.373 e. The first-order valence-electron chi connectivity index (χ1n) is 8.44. The van der Waals surface area contributed by atoms with Gasteiger partial charge in [-0.25, -0.2) is 9.97 Å². The smallest absolute Gasteiger partial charge is 0.254 e. The summed E-state index contributed by atoms with van der Waals surface area (Å²) in [7, 11) is 3.67. The Balaban J connectivity index is 1.81. The van der Waals surface area contributed by atoms with E-state index in [0.29, 0.717) is 11.4 Å². The number of thiophene rings is 1. The van der Waals surface area contributed by atoms with Crippen LogP contribution in [0.4, 0.5) is 5.82 Å². The molecule has 1 aromatic carbocycles. The molecule has 0 aliphatic rings. The second-order valence-corrected chi connectivity index (χ2v) is 7.13. The van der Waals surface area contributed by atoms with E-state index in [9.17, 15) is 4.79 Å². The Bertz CT molecular complexity index is 891. The lowest BCUT2D eigenvalue weighted by atomic mass is 10.1. The van der Waals surface area contributed by atoms with E-state index >= 15 is 0 Å². The van der Waals surface area contributed by atoms with E-state index in [0.717, 1.165) is 17.1 Å². The molecule has 1 N–H and O–H groups in total. The molecular formula is C20H22N4OS. The lowest BCUT2D eigenvalue weighted by Gasteiger charge is -2.24. The van der Waals surface area contributed by atoms with Crippen LogP contribution in [0.15, 0.2) is 47.8 Å². The van der Waals surface area contributed by atoms with Crippen LogP contribution in [0.2, 0.25) is 0 Å². The summed E-state index contributed by atoms with van der Waals surface area (Å²) in [5, 5.41) is 5.07. The molecule has 3 aromatic rings. The summed E-state index contributed by atoms with van der Waals surface area (Å²) in [6.07, 6.45) is 0. The average molecular weight is 366 g/mol. The zero-order valence-electron chi connectivity index (χ0n) is 15.4. The number of hydrogen-bond donors (Lipinski definition) is 1. The summed E-state index contributed by atoms with van der Waals surface area (Å²) in [5.74, 6) is 1.42. The second-order valence-electron chi connectivity index (χ2n) is 6.15. The van der Waals surface area contributed by atoms with Gasteiger partial charge in [-0.15, -0.1) is 11.3 Å². The van der Waals surface area contributed by atoms with Crippen LogP contribution in [0.25, 0.3) is 11.4 Å². The van der Waals surface area contributed by atoms with Crippen molar-refractivity contribution in [1.82, 2.24) is 14.9 Å². The molecule has 5 nitrogen and oxygen atoms in total. The Morgan fingerprint density at radius 1 is 1.19 bits per heavy atom. The van der Waals surface area contributed by atoms with Gasteiger partial charge in [-0.05, 0) is 37.4 Å². The zero-order chi connectivity index (χ0) is 18.7. The SMILES string of the molecule is CNc1cc(C)nc(-c2ccc(C(=O)N(C)[C@H](C)c3cccs3)cc2)n1. The van der Waals surface area contributed by atoms with Crippen LogP contribution in [0.1, 0.15) is 33.9 Å². The molecule has 0 spiro atoms. The molecule has 26 heavy (non-hydrogen) atoms. The standard InChI is InChI=1S/C20H22N4OS/c1-13-12-18(21-3)23-19(22-13)15-7-9-16(10-8-15)20(25)24(4)14(2)17-6-5-11-26-17/h5-12,14H,1-4H3,(H,21,22,23)/t14-/m1/s1. The van der Waals surface area contributed by atoms with Crippen molar-refractivity contribution in [3.8, 4) is 11.4 Å². The molecule has 2 aromatic heterocycles. The molecule has 0 aliphatic carbocycles. The number of rotatable bonds is 5. The lowest BCUT2D eigenvalue weighted by molar-refractivity contribution is 0.0745. The minimum atomic E-state index is -0.00137. The number of hydrogen-bond acceptors (Lipinski definition) is 5. The van der Waals surface area contributed by atoms with Crippen molar-refractivity contribution < 1.29 is 4.79 Å². The molecule has 0 bridgehead atoms. The van der Waals surface area contributed by atoms with Crippen LogP contribution < -0.4 is 5.32 Å². The summed E-state index contributed by atoms with van der Waals surface area (Å²) in [5.41, 5.74) is 2.43. The van der Waals surface area contributed by atoms with Crippen molar-refractivity contribution in [2.24, 2.45) is 0 Å². The Kier molecular flexibility index (Phi) is 5.32. The molecule has 0 saturated heterocycles. The number of nitrogens with zero attached hydrogens (tertiary/aromatic N) is 3. The van der Waals surface area contributed by atoms with Crippen molar-refractivity contribution in [3.05, 3.63) is 64.0 Å². The van der Waals surface area contributed by atoms with Crippen molar-refractivity contribution in [2.45, 2.75) is 19.9 Å². The monoisotopic (exact) mass is 366 g/mol. The van der Waals surface area contributed by atoms with Crippen LogP contribution in [0, 0.1) is 6.92 Å². The maximum absolute atomic E-state index is 12.8. The van der Waals surface area contributed by atoms with Gasteiger partial charge in [0.25, 0.3) is 5.91 Å². The Hall–Kier alpha value is -2.73. The quantitative estimate of drug-likeness (QED) is 0.728. The van der Waals surface area contributed by atoms with E-state index in [4.69, 9.17) is 0 Å². The molecule has 0 fully saturated rings. The molecule has 0 saturated carbocycles. The van der Waals surface area contributed by atoms with Crippen molar-refractivity contribution in [3.63, 3.8) is 0 Å². The van der Waals surface area contributed by atoms with Gasteiger partial charge in [0.2, 0.25) is 0 Å². The molecule has 3 rings (SSSR count). The molecule has 2 heterocycles. The predicted molar refractivity (Wildman–Crippen MR) is 107 cm³/mol. The van der Waals surface area contributed by atoms with Crippen LogP contribution in [-0.2, 0) is 0 Å². The van der Waals surface area contributed by atoms with E-state index in [1.54, 1.807) is 16.2 Å². The number of anilines is 1. The summed E-state index contributed by atoms with van der Waals surface area (Å²) in [6.45, 7) is 3.98. The second kappa shape index (κ2) is 7.66. The van der Waals surface area contributed by atoms with Gasteiger partial charge in [-0.2, -0.15) is 0 Å². The third-order valence-corrected chi connectivity index (χ3v) is 5.40. The first kappa shape index (κ1) is 18.1. The van der Waals surface area contributed by atoms with Crippen LogP contribution in [0.3, 0.4) is 0 Å². The summed E-state index contributed by atoms with van der Waals surface area (Å²) >= 11 is 1.66. The fraction of sp³-hybridized carbons (Fsp3) is 0.250. The summed E-state index contributed by atoms with van der Waals surface area (Å²) < 4.78 is 0. The van der Waals surface area contributed by atoms with E-state index in [1.807, 2.05) is 69.7 Å². The highest BCUT2D eigenvalue weighted by molar-refractivity contribution is 7.10. The molecule has 1 atom stereocenters. The van der Waals surface area contributed by atoms with E-state index in [-0.39, 0.29) is 11.9 Å². The molecule has 0 aliphatic heterocycles. The number of nitrogens with one attached hydrogen (secondary N) is 1. The Morgan fingerprint density at radius 2 is 1.92 bits per heavy atom. The van der Waals surface area contributed by atoms with Crippen molar-refractivity contribution in [1.29, 1.82) is 0 Å². The van der Waals surface area contributed by atoms with Crippen LogP contribution in [-0.4, -0.2) is 34.9 Å². The van der Waals surface area contributed by atoms with Crippen LogP contribution in [0.5, 0.6) is 0 Å². The lowest BCUT2D eigenvalue weighted by Crippen LogP contribution is -2.29. The number of carbonyl (C=O) groups excluding carboxylic acids is 1. The van der Waals surface area contributed by atoms with Crippen LogP contribution >= 0.6 is 11.3 Å². The first-order chi connectivity index (χ1) is 12.5. The summed E-state index contributed by atoms with van der Waals surface area (Å²) in [6, 6.07) is 13.4. The van der Waals surface area contributed by atoms with Crippen molar-refractivity contribution in [2.75, 3.05) is 19.4 Å². The van der Waals surface area contributed by atoms with Gasteiger partial charge in [0.05, 0.1) is 6.04 Å². The minimum absolute atomic E-state index is 0.00137. The van der Waals surface area contributed by atoms with Gasteiger partial charge >= 0.3 is 0 Å². The maximum atomic E-state index is 12.8. The number of amides is 1. The Labute approximate surface area is 157 Å². The predicted octanol–water partition coefficient (Wildman–Crippen LogP) is 4.39. The third-order valence-electron chi connectivity index (χ3n) is 4.36. The fourth-order valence-corrected chi connectivity index (χ4v) is 3.51. The van der Waals surface area contributed by atoms with Gasteiger partial charge in [0.15, 0.2) is 5.82 Å². The zero-order valence-corrected chi connectivity index (χ0v) is 16.2. The van der Waals surface area contributed by atoms with Gasteiger partial charge in [-0.1, -0.05) is 18.2 Å². The molecule has 0 unspecified atom stereocenters. The number of aromatic nitrogens is 2. The molecule has 134 valence electrons. The van der Waals surface area contributed by atoms with E-state index in [1.165, 1.54) is 4.88 Å². The maximum Gasteiger partial charge on any atom is 0.254 e. The van der Waals surface area contributed by atoms with Gasteiger partial charge in [0, 0.05) is 41.9 Å². The highest BCUT2D eigenvalue weighted by atomic mass is 32.1. The molecular weight excluding hydrogens is 344 g/mol.